The maximum absolute atomic E-state index is 12.5. The minimum Gasteiger partial charge on any atom is -0.325 e. The van der Waals surface area contributed by atoms with Gasteiger partial charge in [0.25, 0.3) is 0 Å². The van der Waals surface area contributed by atoms with Gasteiger partial charge in [0.15, 0.2) is 0 Å². The second kappa shape index (κ2) is 7.48. The lowest BCUT2D eigenvalue weighted by Gasteiger charge is -2.30. The lowest BCUT2D eigenvalue weighted by molar-refractivity contribution is -0.120. The van der Waals surface area contributed by atoms with Crippen molar-refractivity contribution in [1.82, 2.24) is 4.31 Å². The molecule has 2 rings (SSSR count). The normalized spacial score (nSPS) is 19.8. The van der Waals surface area contributed by atoms with Crippen LogP contribution in [-0.4, -0.2) is 43.7 Å². The number of carbonyl (C=O) groups excluding carboxylic acids is 1. The van der Waals surface area contributed by atoms with Crippen molar-refractivity contribution in [2.24, 2.45) is 5.92 Å². The Morgan fingerprint density at radius 1 is 1.41 bits per heavy atom. The molecule has 0 saturated carbocycles. The van der Waals surface area contributed by atoms with Gasteiger partial charge in [0.2, 0.25) is 15.9 Å². The van der Waals surface area contributed by atoms with Gasteiger partial charge in [-0.25, -0.2) is 12.7 Å². The summed E-state index contributed by atoms with van der Waals surface area (Å²) in [6.07, 6.45) is 2.64. The molecule has 0 unspecified atom stereocenters. The fourth-order valence-corrected chi connectivity index (χ4v) is 4.22. The zero-order valence-corrected chi connectivity index (χ0v) is 14.5. The summed E-state index contributed by atoms with van der Waals surface area (Å²) in [4.78, 5) is 13.5. The summed E-state index contributed by atoms with van der Waals surface area (Å²) in [7, 11) is -3.23. The number of hydrogen-bond acceptors (Lipinski definition) is 4. The van der Waals surface area contributed by atoms with E-state index in [-0.39, 0.29) is 18.4 Å². The van der Waals surface area contributed by atoms with Crippen LogP contribution in [-0.2, 0) is 14.8 Å². The van der Waals surface area contributed by atoms with Crippen LogP contribution in [0.25, 0.3) is 0 Å². The fourth-order valence-electron chi connectivity index (χ4n) is 2.54. The van der Waals surface area contributed by atoms with Crippen molar-refractivity contribution >= 4 is 33.4 Å². The van der Waals surface area contributed by atoms with Gasteiger partial charge in [0.05, 0.1) is 17.9 Å². The van der Waals surface area contributed by atoms with Gasteiger partial charge in [-0.15, -0.1) is 11.8 Å². The molecule has 122 valence electrons. The first-order chi connectivity index (χ1) is 10.4. The minimum absolute atomic E-state index is 0.0995. The van der Waals surface area contributed by atoms with Gasteiger partial charge < -0.3 is 5.32 Å². The lowest BCUT2D eigenvalue weighted by Crippen LogP contribution is -2.43. The molecule has 0 spiro atoms. The number of carbonyl (C=O) groups is 1. The van der Waals surface area contributed by atoms with E-state index >= 15 is 0 Å². The molecule has 7 heteroatoms. The fraction of sp³-hybridized carbons (Fsp3) is 0.533. The van der Waals surface area contributed by atoms with E-state index in [9.17, 15) is 13.2 Å². The number of hydrogen-bond donors (Lipinski definition) is 1. The average molecular weight is 342 g/mol. The molecule has 0 aliphatic carbocycles. The van der Waals surface area contributed by atoms with Crippen molar-refractivity contribution in [2.75, 3.05) is 30.4 Å². The number of rotatable bonds is 5. The van der Waals surface area contributed by atoms with Crippen LogP contribution in [0.5, 0.6) is 0 Å². The largest absolute Gasteiger partial charge is 0.325 e. The molecule has 1 saturated heterocycles. The van der Waals surface area contributed by atoms with E-state index in [1.807, 2.05) is 24.3 Å². The van der Waals surface area contributed by atoms with Gasteiger partial charge in [0.1, 0.15) is 0 Å². The summed E-state index contributed by atoms with van der Waals surface area (Å²) in [6.45, 7) is 2.84. The second-order valence-electron chi connectivity index (χ2n) is 5.38. The molecule has 1 heterocycles. The number of piperidine rings is 1. The average Bonchev–Trinajstić information content (AvgIpc) is 2.49. The summed E-state index contributed by atoms with van der Waals surface area (Å²) >= 11 is 1.67. The van der Waals surface area contributed by atoms with Crippen molar-refractivity contribution in [3.63, 3.8) is 0 Å². The minimum atomic E-state index is -3.23. The highest BCUT2D eigenvalue weighted by Crippen LogP contribution is 2.28. The summed E-state index contributed by atoms with van der Waals surface area (Å²) in [6, 6.07) is 7.69. The van der Waals surface area contributed by atoms with E-state index in [4.69, 9.17) is 0 Å². The van der Waals surface area contributed by atoms with Crippen molar-refractivity contribution in [1.29, 1.82) is 0 Å². The quantitative estimate of drug-likeness (QED) is 0.835. The van der Waals surface area contributed by atoms with Gasteiger partial charge in [0, 0.05) is 18.0 Å². The Hall–Kier alpha value is -1.05. The molecule has 1 fully saturated rings. The second-order valence-corrected chi connectivity index (χ2v) is 8.67. The molecular weight excluding hydrogens is 320 g/mol. The molecule has 1 aliphatic heterocycles. The van der Waals surface area contributed by atoms with Gasteiger partial charge in [-0.1, -0.05) is 19.1 Å². The molecule has 5 nitrogen and oxygen atoms in total. The summed E-state index contributed by atoms with van der Waals surface area (Å²) in [5.74, 6) is 0.540. The number of amides is 1. The molecule has 1 atom stereocenters. The summed E-state index contributed by atoms with van der Waals surface area (Å²) in [5, 5.41) is 2.96. The van der Waals surface area contributed by atoms with E-state index in [2.05, 4.69) is 12.2 Å². The van der Waals surface area contributed by atoms with Gasteiger partial charge in [-0.2, -0.15) is 0 Å². The number of benzene rings is 1. The Morgan fingerprint density at radius 2 is 2.14 bits per heavy atom. The lowest BCUT2D eigenvalue weighted by atomic mass is 9.99. The van der Waals surface area contributed by atoms with Crippen molar-refractivity contribution in [3.05, 3.63) is 24.3 Å². The van der Waals surface area contributed by atoms with Gasteiger partial charge >= 0.3 is 0 Å². The van der Waals surface area contributed by atoms with E-state index < -0.39 is 10.0 Å². The maximum Gasteiger partial charge on any atom is 0.228 e. The third kappa shape index (κ3) is 4.47. The van der Waals surface area contributed by atoms with Crippen LogP contribution in [0.1, 0.15) is 19.8 Å². The summed E-state index contributed by atoms with van der Waals surface area (Å²) in [5.41, 5.74) is 0.802. The summed E-state index contributed by atoms with van der Waals surface area (Å²) < 4.78 is 24.7. The highest BCUT2D eigenvalue weighted by atomic mass is 32.2. The van der Waals surface area contributed by atoms with Crippen LogP contribution >= 0.6 is 11.8 Å². The third-order valence-corrected chi connectivity index (χ3v) is 5.89. The molecular formula is C15H22N2O3S2. The first-order valence-corrected chi connectivity index (χ1v) is 10.2. The smallest absolute Gasteiger partial charge is 0.228 e. The van der Waals surface area contributed by atoms with Crippen LogP contribution in [0, 0.1) is 5.92 Å². The predicted octanol–water partition coefficient (Wildman–Crippen LogP) is 2.41. The van der Waals surface area contributed by atoms with Crippen molar-refractivity contribution < 1.29 is 13.2 Å². The Balaban J connectivity index is 2.06. The number of nitrogens with one attached hydrogen (secondary N) is 1. The molecule has 1 aliphatic rings. The zero-order chi connectivity index (χ0) is 16.2. The SMILES string of the molecule is CCSc1ccccc1NC(=O)[C@H]1CCCN(S(C)(=O)=O)C1. The Morgan fingerprint density at radius 3 is 2.82 bits per heavy atom. The molecule has 1 amide bonds. The Bertz CT molecular complexity index is 631. The number of anilines is 1. The first kappa shape index (κ1) is 17.3. The van der Waals surface area contributed by atoms with Crippen LogP contribution in [0.2, 0.25) is 0 Å². The molecule has 1 aromatic rings. The Labute approximate surface area is 136 Å². The maximum atomic E-state index is 12.5. The predicted molar refractivity (Wildman–Crippen MR) is 90.6 cm³/mol. The highest BCUT2D eigenvalue weighted by molar-refractivity contribution is 7.99. The van der Waals surface area contributed by atoms with Crippen molar-refractivity contribution in [2.45, 2.75) is 24.7 Å². The molecule has 0 aromatic heterocycles. The molecule has 1 N–H and O–H groups in total. The zero-order valence-electron chi connectivity index (χ0n) is 12.9. The molecule has 1 aromatic carbocycles. The van der Waals surface area contributed by atoms with Crippen LogP contribution in [0.3, 0.4) is 0 Å². The number of sulfonamides is 1. The van der Waals surface area contributed by atoms with E-state index in [1.165, 1.54) is 10.6 Å². The van der Waals surface area contributed by atoms with Crippen LogP contribution < -0.4 is 5.32 Å². The monoisotopic (exact) mass is 342 g/mol. The molecule has 22 heavy (non-hydrogen) atoms. The van der Waals surface area contributed by atoms with Crippen molar-refractivity contribution in [3.8, 4) is 0 Å². The molecule has 0 radical (unpaired) electrons. The van der Waals surface area contributed by atoms with Gasteiger partial charge in [-0.05, 0) is 30.7 Å². The number of nitrogens with zero attached hydrogens (tertiary/aromatic N) is 1. The van der Waals surface area contributed by atoms with Gasteiger partial charge in [-0.3, -0.25) is 4.79 Å². The Kier molecular flexibility index (Phi) is 5.88. The number of thioether (sulfide) groups is 1. The van der Waals surface area contributed by atoms with Crippen LogP contribution in [0.15, 0.2) is 29.2 Å². The van der Waals surface area contributed by atoms with Crippen LogP contribution in [0.4, 0.5) is 5.69 Å². The van der Waals surface area contributed by atoms with E-state index in [0.717, 1.165) is 29.2 Å². The highest BCUT2D eigenvalue weighted by Gasteiger charge is 2.30. The standard InChI is InChI=1S/C15H22N2O3S2/c1-3-21-14-9-5-4-8-13(14)16-15(18)12-7-6-10-17(11-12)22(2,19)20/h4-5,8-9,12H,3,6-7,10-11H2,1-2H3,(H,16,18)/t12-/m0/s1. The topological polar surface area (TPSA) is 66.5 Å². The molecule has 0 bridgehead atoms. The van der Waals surface area contributed by atoms with E-state index in [0.29, 0.717) is 6.54 Å². The third-order valence-electron chi connectivity index (χ3n) is 3.67. The first-order valence-electron chi connectivity index (χ1n) is 7.39. The number of para-hydroxylation sites is 1. The van der Waals surface area contributed by atoms with E-state index in [1.54, 1.807) is 11.8 Å².